The number of hydrogen-bond acceptors (Lipinski definition) is 6. The van der Waals surface area contributed by atoms with Gasteiger partial charge in [0.25, 0.3) is 5.91 Å². The number of nitrogens with one attached hydrogen (secondary N) is 1. The van der Waals surface area contributed by atoms with E-state index in [1.807, 2.05) is 0 Å². The number of anilines is 1. The van der Waals surface area contributed by atoms with Crippen molar-refractivity contribution >= 4 is 28.2 Å². The Bertz CT molecular complexity index is 793. The van der Waals surface area contributed by atoms with Crippen molar-refractivity contribution in [3.05, 3.63) is 28.5 Å². The van der Waals surface area contributed by atoms with Gasteiger partial charge in [-0.3, -0.25) is 19.6 Å². The molecule has 8 heteroatoms. The van der Waals surface area contributed by atoms with Gasteiger partial charge in [0.1, 0.15) is 0 Å². The number of carbonyl (C=O) groups excluding carboxylic acids is 2. The Balaban J connectivity index is 1.79. The molecule has 0 spiro atoms. The molecule has 0 radical (unpaired) electrons. The third kappa shape index (κ3) is 3.25. The minimum Gasteiger partial charge on any atom is -0.367 e. The van der Waals surface area contributed by atoms with Crippen LogP contribution in [0.1, 0.15) is 47.3 Å². The van der Waals surface area contributed by atoms with Gasteiger partial charge < -0.3 is 4.74 Å². The Morgan fingerprint density at radius 2 is 2.21 bits per heavy atom. The molecule has 1 amide bonds. The van der Waals surface area contributed by atoms with E-state index in [4.69, 9.17) is 4.74 Å². The van der Waals surface area contributed by atoms with E-state index in [2.05, 4.69) is 29.2 Å². The normalized spacial score (nSPS) is 17.4. The summed E-state index contributed by atoms with van der Waals surface area (Å²) >= 11 is 1.23. The number of methoxy groups -OCH3 is 1. The number of aryl methyl sites for hydroxylation is 1. The fourth-order valence-electron chi connectivity index (χ4n) is 2.91. The van der Waals surface area contributed by atoms with Crippen molar-refractivity contribution in [3.63, 3.8) is 0 Å². The summed E-state index contributed by atoms with van der Waals surface area (Å²) in [7, 11) is 3.24. The first-order valence-corrected chi connectivity index (χ1v) is 8.46. The molecule has 1 unspecified atom stereocenters. The second-order valence-corrected chi connectivity index (χ2v) is 7.79. The molecular formula is C16H20N4O3S. The Labute approximate surface area is 144 Å². The summed E-state index contributed by atoms with van der Waals surface area (Å²) in [5.41, 5.74) is 1.34. The predicted octanol–water partition coefficient (Wildman–Crippen LogP) is 2.36. The first-order valence-electron chi connectivity index (χ1n) is 7.64. The fraction of sp³-hybridized carbons (Fsp3) is 0.500. The van der Waals surface area contributed by atoms with Crippen molar-refractivity contribution in [1.82, 2.24) is 14.8 Å². The first-order chi connectivity index (χ1) is 11.3. The number of hydrogen-bond donors (Lipinski definition) is 1. The molecule has 1 atom stereocenters. The maximum Gasteiger partial charge on any atom is 0.260 e. The van der Waals surface area contributed by atoms with Crippen molar-refractivity contribution in [1.29, 1.82) is 0 Å². The molecule has 7 nitrogen and oxygen atoms in total. The number of fused-ring (bicyclic) bond motifs is 1. The van der Waals surface area contributed by atoms with E-state index < -0.39 is 6.10 Å². The highest BCUT2D eigenvalue weighted by molar-refractivity contribution is 7.17. The molecule has 0 saturated carbocycles. The lowest BCUT2D eigenvalue weighted by atomic mass is 9.78. The molecule has 0 saturated heterocycles. The number of ether oxygens (including phenoxy) is 1. The lowest BCUT2D eigenvalue weighted by molar-refractivity contribution is -0.126. The molecule has 0 aromatic carbocycles. The van der Waals surface area contributed by atoms with Crippen LogP contribution in [0.3, 0.4) is 0 Å². The van der Waals surface area contributed by atoms with E-state index in [1.54, 1.807) is 24.1 Å². The number of ketones is 1. The maximum atomic E-state index is 12.5. The third-order valence-corrected chi connectivity index (χ3v) is 5.02. The zero-order valence-corrected chi connectivity index (χ0v) is 14.9. The highest BCUT2D eigenvalue weighted by Crippen LogP contribution is 2.38. The van der Waals surface area contributed by atoms with E-state index in [-0.39, 0.29) is 17.1 Å². The van der Waals surface area contributed by atoms with Gasteiger partial charge in [-0.25, -0.2) is 4.98 Å². The zero-order chi connectivity index (χ0) is 17.5. The number of amides is 1. The molecule has 2 heterocycles. The van der Waals surface area contributed by atoms with Crippen LogP contribution in [0.25, 0.3) is 0 Å². The van der Waals surface area contributed by atoms with E-state index >= 15 is 0 Å². The molecule has 1 aliphatic rings. The lowest BCUT2D eigenvalue weighted by Crippen LogP contribution is -2.26. The highest BCUT2D eigenvalue weighted by Gasteiger charge is 2.34. The van der Waals surface area contributed by atoms with Crippen molar-refractivity contribution < 1.29 is 14.3 Å². The fourth-order valence-corrected chi connectivity index (χ4v) is 3.84. The molecule has 2 aromatic rings. The summed E-state index contributed by atoms with van der Waals surface area (Å²) in [6.07, 6.45) is 3.79. The highest BCUT2D eigenvalue weighted by atomic mass is 32.1. The SMILES string of the molecule is COC(C(=O)Nc1nc2c(s1)C(=O)CC(C)(C)C2)c1cnn(C)c1. The van der Waals surface area contributed by atoms with E-state index in [9.17, 15) is 9.59 Å². The molecule has 128 valence electrons. The van der Waals surface area contributed by atoms with Gasteiger partial charge in [0.15, 0.2) is 17.0 Å². The van der Waals surface area contributed by atoms with Gasteiger partial charge in [-0.2, -0.15) is 5.10 Å². The molecule has 0 fully saturated rings. The Kier molecular flexibility index (Phi) is 4.27. The van der Waals surface area contributed by atoms with Gasteiger partial charge >= 0.3 is 0 Å². The summed E-state index contributed by atoms with van der Waals surface area (Å²) in [6, 6.07) is 0. The molecule has 2 aromatic heterocycles. The van der Waals surface area contributed by atoms with Gasteiger partial charge in [0, 0.05) is 32.3 Å². The van der Waals surface area contributed by atoms with Crippen LogP contribution >= 0.6 is 11.3 Å². The number of thiazole rings is 1. The van der Waals surface area contributed by atoms with Crippen LogP contribution in [0.2, 0.25) is 0 Å². The average molecular weight is 348 g/mol. The number of Topliss-reactive ketones (excluding diaryl/α,β-unsaturated/α-hetero) is 1. The zero-order valence-electron chi connectivity index (χ0n) is 14.1. The number of carbonyl (C=O) groups is 2. The van der Waals surface area contributed by atoms with Crippen molar-refractivity contribution in [2.45, 2.75) is 32.8 Å². The predicted molar refractivity (Wildman–Crippen MR) is 90.1 cm³/mol. The quantitative estimate of drug-likeness (QED) is 0.917. The Morgan fingerprint density at radius 3 is 2.83 bits per heavy atom. The molecule has 0 bridgehead atoms. The van der Waals surface area contributed by atoms with Crippen LogP contribution in [-0.2, 0) is 23.0 Å². The van der Waals surface area contributed by atoms with Crippen molar-refractivity contribution in [3.8, 4) is 0 Å². The van der Waals surface area contributed by atoms with Crippen LogP contribution < -0.4 is 5.32 Å². The van der Waals surface area contributed by atoms with Crippen LogP contribution in [0.4, 0.5) is 5.13 Å². The summed E-state index contributed by atoms with van der Waals surface area (Å²) in [5, 5.41) is 7.25. The summed E-state index contributed by atoms with van der Waals surface area (Å²) in [6.45, 7) is 4.10. The standard InChI is InChI=1S/C16H20N4O3S/c1-16(2)5-10-13(11(21)6-16)24-15(18-10)19-14(22)12(23-4)9-7-17-20(3)8-9/h7-8,12H,5-6H2,1-4H3,(H,18,19,22). The monoisotopic (exact) mass is 348 g/mol. The third-order valence-electron chi connectivity index (χ3n) is 3.97. The smallest absolute Gasteiger partial charge is 0.260 e. The van der Waals surface area contributed by atoms with E-state index in [0.717, 1.165) is 12.1 Å². The summed E-state index contributed by atoms with van der Waals surface area (Å²) < 4.78 is 6.89. The molecule has 3 rings (SSSR count). The summed E-state index contributed by atoms with van der Waals surface area (Å²) in [4.78, 5) is 29.8. The minimum atomic E-state index is -0.772. The van der Waals surface area contributed by atoms with Gasteiger partial charge in [-0.05, 0) is 11.8 Å². The molecule has 0 aliphatic heterocycles. The molecule has 24 heavy (non-hydrogen) atoms. The van der Waals surface area contributed by atoms with Gasteiger partial charge in [-0.15, -0.1) is 0 Å². The van der Waals surface area contributed by atoms with Gasteiger partial charge in [0.2, 0.25) is 0 Å². The van der Waals surface area contributed by atoms with E-state index in [0.29, 0.717) is 22.0 Å². The molecule has 1 aliphatic carbocycles. The largest absolute Gasteiger partial charge is 0.367 e. The minimum absolute atomic E-state index is 0.0924. The second-order valence-electron chi connectivity index (χ2n) is 6.79. The van der Waals surface area contributed by atoms with Gasteiger partial charge in [0.05, 0.1) is 16.8 Å². The summed E-state index contributed by atoms with van der Waals surface area (Å²) in [5.74, 6) is -0.238. The number of nitrogens with zero attached hydrogens (tertiary/aromatic N) is 3. The van der Waals surface area contributed by atoms with E-state index in [1.165, 1.54) is 18.4 Å². The van der Waals surface area contributed by atoms with Gasteiger partial charge in [-0.1, -0.05) is 25.2 Å². The molecule has 1 N–H and O–H groups in total. The first kappa shape index (κ1) is 16.8. The Hall–Kier alpha value is -2.06. The topological polar surface area (TPSA) is 86.1 Å². The maximum absolute atomic E-state index is 12.5. The van der Waals surface area contributed by atoms with Crippen LogP contribution in [0.5, 0.6) is 0 Å². The second kappa shape index (κ2) is 6.10. The van der Waals surface area contributed by atoms with Crippen molar-refractivity contribution in [2.24, 2.45) is 12.5 Å². The van der Waals surface area contributed by atoms with Crippen molar-refractivity contribution in [2.75, 3.05) is 12.4 Å². The Morgan fingerprint density at radius 1 is 1.46 bits per heavy atom. The number of rotatable bonds is 4. The molecular weight excluding hydrogens is 328 g/mol. The van der Waals surface area contributed by atoms with Crippen LogP contribution in [-0.4, -0.2) is 33.6 Å². The average Bonchev–Trinajstić information content (AvgIpc) is 3.05. The lowest BCUT2D eigenvalue weighted by Gasteiger charge is -2.26. The van der Waals surface area contributed by atoms with Crippen LogP contribution in [0, 0.1) is 5.41 Å². The number of aromatic nitrogens is 3. The van der Waals surface area contributed by atoms with Crippen LogP contribution in [0.15, 0.2) is 12.4 Å².